The highest BCUT2D eigenvalue weighted by Crippen LogP contribution is 2.29. The van der Waals surface area contributed by atoms with Gasteiger partial charge in [0.05, 0.1) is 17.2 Å². The smallest absolute Gasteiger partial charge is 0.261 e. The zero-order chi connectivity index (χ0) is 18.1. The zero-order valence-electron chi connectivity index (χ0n) is 14.6. The van der Waals surface area contributed by atoms with Crippen LogP contribution in [0.15, 0.2) is 35.4 Å². The molecule has 2 aliphatic rings. The lowest BCUT2D eigenvalue weighted by Crippen LogP contribution is -2.48. The first-order valence-corrected chi connectivity index (χ1v) is 9.14. The Morgan fingerprint density at radius 3 is 2.58 bits per heavy atom. The molecular formula is C19H22N4O3. The Labute approximate surface area is 151 Å². The maximum absolute atomic E-state index is 12.6. The molecule has 1 aromatic heterocycles. The van der Waals surface area contributed by atoms with Crippen molar-refractivity contribution in [3.63, 3.8) is 0 Å². The van der Waals surface area contributed by atoms with Gasteiger partial charge in [-0.05, 0) is 37.8 Å². The molecular weight excluding hydrogens is 332 g/mol. The molecule has 2 amide bonds. The highest BCUT2D eigenvalue weighted by atomic mass is 16.2. The lowest BCUT2D eigenvalue weighted by atomic mass is 10.0. The van der Waals surface area contributed by atoms with Crippen molar-refractivity contribution in [2.45, 2.75) is 38.3 Å². The van der Waals surface area contributed by atoms with Crippen LogP contribution < -0.4 is 10.9 Å². The summed E-state index contributed by atoms with van der Waals surface area (Å²) in [5.41, 5.74) is 0.434. The van der Waals surface area contributed by atoms with E-state index < -0.39 is 0 Å². The number of nitrogens with one attached hydrogen (secondary N) is 1. The summed E-state index contributed by atoms with van der Waals surface area (Å²) in [7, 11) is 0. The second-order valence-corrected chi connectivity index (χ2v) is 7.13. The van der Waals surface area contributed by atoms with Gasteiger partial charge in [-0.1, -0.05) is 12.1 Å². The molecule has 2 fully saturated rings. The molecule has 26 heavy (non-hydrogen) atoms. The van der Waals surface area contributed by atoms with Crippen LogP contribution in [0, 0.1) is 5.92 Å². The number of likely N-dealkylation sites (tertiary alicyclic amines) is 1. The van der Waals surface area contributed by atoms with Crippen molar-refractivity contribution < 1.29 is 9.59 Å². The van der Waals surface area contributed by atoms with Crippen LogP contribution in [0.25, 0.3) is 10.9 Å². The number of fused-ring (bicyclic) bond motifs is 1. The van der Waals surface area contributed by atoms with Crippen LogP contribution in [-0.2, 0) is 16.1 Å². The molecule has 7 heteroatoms. The van der Waals surface area contributed by atoms with Crippen molar-refractivity contribution in [1.29, 1.82) is 0 Å². The standard InChI is InChI=1S/C19H22N4O3/c24-17(11-23-12-20-16-4-2-1-3-15(16)19(23)26)22-9-7-14(8-10-22)21-18(25)13-5-6-13/h1-4,12-14H,5-11H2,(H,21,25). The van der Waals surface area contributed by atoms with E-state index in [4.69, 9.17) is 0 Å². The third-order valence-electron chi connectivity index (χ3n) is 5.18. The lowest BCUT2D eigenvalue weighted by molar-refractivity contribution is -0.133. The molecule has 2 heterocycles. The molecule has 0 radical (unpaired) electrons. The van der Waals surface area contributed by atoms with Gasteiger partial charge in [-0.3, -0.25) is 19.0 Å². The van der Waals surface area contributed by atoms with Gasteiger partial charge in [-0.15, -0.1) is 0 Å². The average Bonchev–Trinajstić information content (AvgIpc) is 3.50. The molecule has 1 saturated carbocycles. The predicted octanol–water partition coefficient (Wildman–Crippen LogP) is 0.914. The van der Waals surface area contributed by atoms with E-state index in [2.05, 4.69) is 10.3 Å². The molecule has 1 saturated heterocycles. The maximum Gasteiger partial charge on any atom is 0.261 e. The molecule has 1 aromatic carbocycles. The van der Waals surface area contributed by atoms with Crippen LogP contribution >= 0.6 is 0 Å². The van der Waals surface area contributed by atoms with E-state index >= 15 is 0 Å². The highest BCUT2D eigenvalue weighted by Gasteiger charge is 2.32. The fourth-order valence-corrected chi connectivity index (χ4v) is 3.40. The number of nitrogens with zero attached hydrogens (tertiary/aromatic N) is 3. The molecule has 1 aliphatic heterocycles. The van der Waals surface area contributed by atoms with E-state index in [0.717, 1.165) is 25.7 Å². The van der Waals surface area contributed by atoms with Gasteiger partial charge in [-0.25, -0.2) is 4.98 Å². The minimum Gasteiger partial charge on any atom is -0.353 e. The van der Waals surface area contributed by atoms with Gasteiger partial charge < -0.3 is 10.2 Å². The van der Waals surface area contributed by atoms with Crippen LogP contribution in [0.3, 0.4) is 0 Å². The summed E-state index contributed by atoms with van der Waals surface area (Å²) in [6.07, 6.45) is 4.95. The zero-order valence-corrected chi connectivity index (χ0v) is 14.6. The first-order chi connectivity index (χ1) is 12.6. The van der Waals surface area contributed by atoms with Gasteiger partial charge >= 0.3 is 0 Å². The fourth-order valence-electron chi connectivity index (χ4n) is 3.40. The third-order valence-corrected chi connectivity index (χ3v) is 5.18. The SMILES string of the molecule is O=C(NC1CCN(C(=O)Cn2cnc3ccccc3c2=O)CC1)C1CC1. The van der Waals surface area contributed by atoms with E-state index in [1.807, 2.05) is 6.07 Å². The van der Waals surface area contributed by atoms with Gasteiger partial charge in [-0.2, -0.15) is 0 Å². The van der Waals surface area contributed by atoms with Gasteiger partial charge in [0.2, 0.25) is 11.8 Å². The van der Waals surface area contributed by atoms with Crippen molar-refractivity contribution in [2.24, 2.45) is 5.92 Å². The number of rotatable bonds is 4. The number of piperidine rings is 1. The Balaban J connectivity index is 1.36. The number of hydrogen-bond donors (Lipinski definition) is 1. The molecule has 0 atom stereocenters. The second kappa shape index (κ2) is 6.90. The van der Waals surface area contributed by atoms with Crippen molar-refractivity contribution >= 4 is 22.7 Å². The number of amides is 2. The third kappa shape index (κ3) is 3.47. The summed E-state index contributed by atoms with van der Waals surface area (Å²) < 4.78 is 1.37. The average molecular weight is 354 g/mol. The lowest BCUT2D eigenvalue weighted by Gasteiger charge is -2.32. The summed E-state index contributed by atoms with van der Waals surface area (Å²) in [6.45, 7) is 1.20. The van der Waals surface area contributed by atoms with Gasteiger partial charge in [0, 0.05) is 25.0 Å². The number of carbonyl (C=O) groups excluding carboxylic acids is 2. The number of hydrogen-bond acceptors (Lipinski definition) is 4. The van der Waals surface area contributed by atoms with Crippen molar-refractivity contribution in [3.05, 3.63) is 40.9 Å². The van der Waals surface area contributed by atoms with Crippen LogP contribution in [0.2, 0.25) is 0 Å². The minimum atomic E-state index is -0.199. The van der Waals surface area contributed by atoms with E-state index in [-0.39, 0.29) is 35.9 Å². The Morgan fingerprint density at radius 2 is 1.85 bits per heavy atom. The largest absolute Gasteiger partial charge is 0.353 e. The first kappa shape index (κ1) is 16.8. The molecule has 1 N–H and O–H groups in total. The van der Waals surface area contributed by atoms with Gasteiger partial charge in [0.25, 0.3) is 5.56 Å². The Hall–Kier alpha value is -2.70. The van der Waals surface area contributed by atoms with Crippen LogP contribution in [-0.4, -0.2) is 45.4 Å². The number of carbonyl (C=O) groups is 2. The van der Waals surface area contributed by atoms with Gasteiger partial charge in [0.15, 0.2) is 0 Å². The monoisotopic (exact) mass is 354 g/mol. The van der Waals surface area contributed by atoms with E-state index in [0.29, 0.717) is 24.0 Å². The number of aromatic nitrogens is 2. The fraction of sp³-hybridized carbons (Fsp3) is 0.474. The molecule has 2 aromatic rings. The van der Waals surface area contributed by atoms with Crippen LogP contribution in [0.1, 0.15) is 25.7 Å². The van der Waals surface area contributed by atoms with Crippen molar-refractivity contribution in [3.8, 4) is 0 Å². The number of para-hydroxylation sites is 1. The maximum atomic E-state index is 12.6. The van der Waals surface area contributed by atoms with Gasteiger partial charge in [0.1, 0.15) is 6.54 Å². The Bertz CT molecular complexity index is 895. The molecule has 7 nitrogen and oxygen atoms in total. The van der Waals surface area contributed by atoms with Crippen molar-refractivity contribution in [2.75, 3.05) is 13.1 Å². The first-order valence-electron chi connectivity index (χ1n) is 9.14. The molecule has 0 bridgehead atoms. The Kier molecular flexibility index (Phi) is 4.44. The molecule has 136 valence electrons. The molecule has 4 rings (SSSR count). The second-order valence-electron chi connectivity index (χ2n) is 7.13. The summed E-state index contributed by atoms with van der Waals surface area (Å²) in [4.78, 5) is 42.9. The normalized spacial score (nSPS) is 18.1. The summed E-state index contributed by atoms with van der Waals surface area (Å²) in [5.74, 6) is 0.279. The van der Waals surface area contributed by atoms with Crippen LogP contribution in [0.5, 0.6) is 0 Å². The van der Waals surface area contributed by atoms with Crippen molar-refractivity contribution in [1.82, 2.24) is 19.8 Å². The number of benzene rings is 1. The minimum absolute atomic E-state index is 0.00420. The van der Waals surface area contributed by atoms with Crippen LogP contribution in [0.4, 0.5) is 0 Å². The van der Waals surface area contributed by atoms with E-state index in [1.165, 1.54) is 10.9 Å². The molecule has 0 unspecified atom stereocenters. The molecule has 0 spiro atoms. The summed E-state index contributed by atoms with van der Waals surface area (Å²) in [6, 6.07) is 7.27. The predicted molar refractivity (Wildman–Crippen MR) is 96.5 cm³/mol. The summed E-state index contributed by atoms with van der Waals surface area (Å²) >= 11 is 0. The van der Waals surface area contributed by atoms with E-state index in [1.54, 1.807) is 23.1 Å². The topological polar surface area (TPSA) is 84.3 Å². The Morgan fingerprint density at radius 1 is 1.12 bits per heavy atom. The quantitative estimate of drug-likeness (QED) is 0.885. The molecule has 1 aliphatic carbocycles. The van der Waals surface area contributed by atoms with E-state index in [9.17, 15) is 14.4 Å². The summed E-state index contributed by atoms with van der Waals surface area (Å²) in [5, 5.41) is 3.59. The highest BCUT2D eigenvalue weighted by molar-refractivity contribution is 5.81.